The zero-order chi connectivity index (χ0) is 13.1. The molecule has 0 aliphatic heterocycles. The van der Waals surface area contributed by atoms with Crippen LogP contribution in [-0.2, 0) is 4.79 Å². The molecule has 0 saturated heterocycles. The van der Waals surface area contributed by atoms with Crippen LogP contribution in [0.5, 0.6) is 5.75 Å². The number of hydrogen-bond acceptors (Lipinski definition) is 8. The van der Waals surface area contributed by atoms with E-state index >= 15 is 0 Å². The van der Waals surface area contributed by atoms with Crippen molar-refractivity contribution in [2.75, 3.05) is 0 Å². The number of benzene rings is 1. The summed E-state index contributed by atoms with van der Waals surface area (Å²) in [6, 6.07) is 5.26. The molecule has 19 heavy (non-hydrogen) atoms. The van der Waals surface area contributed by atoms with Gasteiger partial charge in [-0.15, -0.1) is 10.2 Å². The van der Waals surface area contributed by atoms with Crippen molar-refractivity contribution in [2.45, 2.75) is 0 Å². The van der Waals surface area contributed by atoms with Gasteiger partial charge in [0.05, 0.1) is 0 Å². The topological polar surface area (TPSA) is 77.9 Å². The van der Waals surface area contributed by atoms with Crippen LogP contribution >= 0.6 is 23.1 Å². The largest absolute Gasteiger partial charge is 0.429 e. The number of carbonyl (C=O) groups is 1. The Labute approximate surface area is 116 Å². The third-order valence-corrected chi connectivity index (χ3v) is 3.46. The molecule has 3 rings (SSSR count). The third-order valence-electron chi connectivity index (χ3n) is 2.45. The molecule has 3 aromatic rings. The predicted molar refractivity (Wildman–Crippen MR) is 70.9 cm³/mol. The van der Waals surface area contributed by atoms with E-state index in [1.807, 2.05) is 16.8 Å². The first kappa shape index (κ1) is 11.9. The van der Waals surface area contributed by atoms with Gasteiger partial charge < -0.3 is 4.74 Å². The highest BCUT2D eigenvalue weighted by molar-refractivity contribution is 7.04. The van der Waals surface area contributed by atoms with Crippen molar-refractivity contribution in [1.82, 2.24) is 19.2 Å². The molecule has 0 spiro atoms. The first-order valence-corrected chi connectivity index (χ1v) is 6.85. The number of rotatable bonds is 4. The lowest BCUT2D eigenvalue weighted by molar-refractivity contribution is -0.120. The van der Waals surface area contributed by atoms with Crippen molar-refractivity contribution in [3.63, 3.8) is 0 Å². The molecule has 0 aliphatic rings. The summed E-state index contributed by atoms with van der Waals surface area (Å²) < 4.78 is 12.6. The minimum absolute atomic E-state index is 0.391. The van der Waals surface area contributed by atoms with Crippen molar-refractivity contribution in [3.8, 4) is 28.3 Å². The number of ether oxygens (including phenoxy) is 1. The fourth-order valence-electron chi connectivity index (χ4n) is 1.65. The van der Waals surface area contributed by atoms with Crippen LogP contribution < -0.4 is 4.74 Å². The average molecular weight is 290 g/mol. The number of carbonyl (C=O) groups excluding carboxylic acids is 1. The summed E-state index contributed by atoms with van der Waals surface area (Å²) in [5.74, 6) is 0.449. The van der Waals surface area contributed by atoms with E-state index in [1.165, 1.54) is 23.1 Å². The van der Waals surface area contributed by atoms with Crippen molar-refractivity contribution < 1.29 is 9.53 Å². The average Bonchev–Trinajstić information content (AvgIpc) is 3.13. The van der Waals surface area contributed by atoms with Gasteiger partial charge in [0.15, 0.2) is 0 Å². The van der Waals surface area contributed by atoms with Crippen molar-refractivity contribution in [3.05, 3.63) is 29.0 Å². The zero-order valence-corrected chi connectivity index (χ0v) is 11.0. The van der Waals surface area contributed by atoms with E-state index in [1.54, 1.807) is 12.1 Å². The molecule has 0 bridgehead atoms. The van der Waals surface area contributed by atoms with Crippen LogP contribution in [0.15, 0.2) is 29.0 Å². The monoisotopic (exact) mass is 290 g/mol. The van der Waals surface area contributed by atoms with Gasteiger partial charge in [0.2, 0.25) is 0 Å². The molecule has 0 unspecified atom stereocenters. The van der Waals surface area contributed by atoms with Crippen LogP contribution in [0.3, 0.4) is 0 Å². The van der Waals surface area contributed by atoms with Crippen molar-refractivity contribution >= 4 is 29.5 Å². The van der Waals surface area contributed by atoms with Crippen molar-refractivity contribution in [1.29, 1.82) is 0 Å². The molecule has 2 heterocycles. The Morgan fingerprint density at radius 3 is 2.26 bits per heavy atom. The van der Waals surface area contributed by atoms with Gasteiger partial charge in [0.1, 0.15) is 17.1 Å². The quantitative estimate of drug-likeness (QED) is 0.686. The van der Waals surface area contributed by atoms with Gasteiger partial charge in [-0.05, 0) is 41.3 Å². The van der Waals surface area contributed by atoms with Gasteiger partial charge in [-0.1, -0.05) is 8.98 Å². The summed E-state index contributed by atoms with van der Waals surface area (Å²) in [6.07, 6.45) is 0. The summed E-state index contributed by atoms with van der Waals surface area (Å²) in [4.78, 5) is 10.4. The summed E-state index contributed by atoms with van der Waals surface area (Å²) in [5, 5.41) is 11.8. The first-order valence-electron chi connectivity index (χ1n) is 5.17. The van der Waals surface area contributed by atoms with E-state index in [2.05, 4.69) is 19.2 Å². The Hall–Kier alpha value is -2.19. The number of nitrogens with zero attached hydrogens (tertiary/aromatic N) is 4. The van der Waals surface area contributed by atoms with Crippen LogP contribution in [0.25, 0.3) is 22.5 Å². The molecule has 1 aromatic carbocycles. The van der Waals surface area contributed by atoms with Crippen LogP contribution in [-0.4, -0.2) is 25.6 Å². The SMILES string of the molecule is O=COc1ccc(-c2csnn2)c(-c2csnn2)c1. The molecule has 0 fully saturated rings. The lowest BCUT2D eigenvalue weighted by atomic mass is 10.0. The lowest BCUT2D eigenvalue weighted by Gasteiger charge is -2.06. The minimum Gasteiger partial charge on any atom is -0.429 e. The Kier molecular flexibility index (Phi) is 3.25. The van der Waals surface area contributed by atoms with E-state index in [4.69, 9.17) is 4.74 Å². The molecule has 6 nitrogen and oxygen atoms in total. The molecule has 2 aromatic heterocycles. The Morgan fingerprint density at radius 2 is 1.68 bits per heavy atom. The summed E-state index contributed by atoms with van der Waals surface area (Å²) in [6.45, 7) is 0.391. The normalized spacial score (nSPS) is 10.3. The van der Waals surface area contributed by atoms with Gasteiger partial charge in [0, 0.05) is 21.9 Å². The fourth-order valence-corrected chi connectivity index (χ4v) is 2.56. The molecule has 0 atom stereocenters. The Balaban J connectivity index is 2.16. The van der Waals surface area contributed by atoms with Gasteiger partial charge in [-0.3, -0.25) is 4.79 Å². The smallest absolute Gasteiger partial charge is 0.298 e. The second-order valence-corrected chi connectivity index (χ2v) is 4.72. The van der Waals surface area contributed by atoms with E-state index in [0.717, 1.165) is 16.8 Å². The van der Waals surface area contributed by atoms with Gasteiger partial charge in [-0.25, -0.2) is 0 Å². The molecule has 0 radical (unpaired) electrons. The second kappa shape index (κ2) is 5.21. The number of hydrogen-bond donors (Lipinski definition) is 0. The highest BCUT2D eigenvalue weighted by atomic mass is 32.1. The summed E-state index contributed by atoms with van der Waals surface area (Å²) in [5.41, 5.74) is 3.15. The van der Waals surface area contributed by atoms with Gasteiger partial charge in [0.25, 0.3) is 6.47 Å². The molecule has 0 aliphatic carbocycles. The first-order chi connectivity index (χ1) is 9.38. The molecule has 94 valence electrons. The Bertz CT molecular complexity index is 683. The maximum Gasteiger partial charge on any atom is 0.298 e. The van der Waals surface area contributed by atoms with Crippen LogP contribution in [0.2, 0.25) is 0 Å². The predicted octanol–water partition coefficient (Wildman–Crippen LogP) is 2.26. The highest BCUT2D eigenvalue weighted by Crippen LogP contribution is 2.33. The summed E-state index contributed by atoms with van der Waals surface area (Å²) >= 11 is 2.53. The lowest BCUT2D eigenvalue weighted by Crippen LogP contribution is -1.92. The molecule has 8 heteroatoms. The van der Waals surface area contributed by atoms with Crippen molar-refractivity contribution in [2.24, 2.45) is 0 Å². The third kappa shape index (κ3) is 2.35. The molecule has 0 amide bonds. The minimum atomic E-state index is 0.391. The molecule has 0 N–H and O–H groups in total. The molecule has 0 saturated carbocycles. The van der Waals surface area contributed by atoms with E-state index in [-0.39, 0.29) is 0 Å². The second-order valence-electron chi connectivity index (χ2n) is 3.50. The number of aromatic nitrogens is 4. The maximum absolute atomic E-state index is 10.4. The van der Waals surface area contributed by atoms with E-state index < -0.39 is 0 Å². The maximum atomic E-state index is 10.4. The van der Waals surface area contributed by atoms with Gasteiger partial charge >= 0.3 is 0 Å². The molecular formula is C11H6N4O2S2. The highest BCUT2D eigenvalue weighted by Gasteiger charge is 2.13. The van der Waals surface area contributed by atoms with E-state index in [0.29, 0.717) is 17.9 Å². The Morgan fingerprint density at radius 1 is 1.00 bits per heavy atom. The van der Waals surface area contributed by atoms with Crippen LogP contribution in [0.4, 0.5) is 0 Å². The summed E-state index contributed by atoms with van der Waals surface area (Å²) in [7, 11) is 0. The van der Waals surface area contributed by atoms with Crippen LogP contribution in [0, 0.1) is 0 Å². The van der Waals surface area contributed by atoms with E-state index in [9.17, 15) is 4.79 Å². The van der Waals surface area contributed by atoms with Crippen LogP contribution in [0.1, 0.15) is 0 Å². The fraction of sp³-hybridized carbons (Fsp3) is 0. The standard InChI is InChI=1S/C11H6N4O2S2/c16-6-17-7-1-2-8(10-4-18-14-12-10)9(3-7)11-5-19-15-13-11/h1-6H. The zero-order valence-electron chi connectivity index (χ0n) is 9.39. The molecular weight excluding hydrogens is 284 g/mol. The van der Waals surface area contributed by atoms with Gasteiger partial charge in [-0.2, -0.15) is 0 Å².